The molecule has 0 saturated carbocycles. The highest BCUT2D eigenvalue weighted by Crippen LogP contribution is 2.35. The smallest absolute Gasteiger partial charge is 0.370 e. The van der Waals surface area contributed by atoms with E-state index in [1.54, 1.807) is 11.8 Å². The zero-order chi connectivity index (χ0) is 18.0. The van der Waals surface area contributed by atoms with E-state index in [-0.39, 0.29) is 42.0 Å². The first-order chi connectivity index (χ1) is 11.1. The third-order valence-corrected chi connectivity index (χ3v) is 5.60. The molecule has 1 aromatic rings. The monoisotopic (exact) mass is 509 g/mol. The lowest BCUT2D eigenvalue weighted by atomic mass is 10.1. The van der Waals surface area contributed by atoms with E-state index >= 15 is 0 Å². The molecule has 0 unspecified atom stereocenters. The van der Waals surface area contributed by atoms with Crippen molar-refractivity contribution in [1.29, 1.82) is 0 Å². The lowest BCUT2D eigenvalue weighted by Crippen LogP contribution is -2.42. The van der Waals surface area contributed by atoms with Crippen molar-refractivity contribution in [3.8, 4) is 0 Å². The minimum Gasteiger partial charge on any atom is -0.370 e. The predicted octanol–water partition coefficient (Wildman–Crippen LogP) is 2.59. The number of thioether (sulfide) groups is 1. The number of hydrogen-bond acceptors (Lipinski definition) is 4. The first-order valence-corrected chi connectivity index (χ1v) is 10.2. The van der Waals surface area contributed by atoms with Crippen molar-refractivity contribution in [3.63, 3.8) is 0 Å². The van der Waals surface area contributed by atoms with E-state index in [1.807, 2.05) is 4.90 Å². The third kappa shape index (κ3) is 6.20. The quantitative estimate of drug-likeness (QED) is 0.385. The normalized spacial score (nSPS) is 16.5. The second-order valence-electron chi connectivity index (χ2n) is 5.37. The minimum absolute atomic E-state index is 0. The van der Waals surface area contributed by atoms with E-state index in [9.17, 15) is 21.6 Å². The predicted molar refractivity (Wildman–Crippen MR) is 104 cm³/mol. The summed E-state index contributed by atoms with van der Waals surface area (Å²) >= 11 is 1.80. The zero-order valence-corrected chi connectivity index (χ0v) is 17.4. The maximum Gasteiger partial charge on any atom is 0.417 e. The molecule has 0 amide bonds. The highest BCUT2D eigenvalue weighted by Gasteiger charge is 2.36. The van der Waals surface area contributed by atoms with Crippen LogP contribution in [0.1, 0.15) is 11.1 Å². The largest absolute Gasteiger partial charge is 0.417 e. The van der Waals surface area contributed by atoms with Crippen LogP contribution in [0.4, 0.5) is 13.2 Å². The number of hydrogen-bond donors (Lipinski definition) is 1. The Hall–Kier alpha value is -0.690. The Morgan fingerprint density at radius 1 is 1.32 bits per heavy atom. The lowest BCUT2D eigenvalue weighted by molar-refractivity contribution is -0.139. The summed E-state index contributed by atoms with van der Waals surface area (Å²) in [5, 5.41) is 0. The Morgan fingerprint density at radius 2 is 1.92 bits per heavy atom. The Morgan fingerprint density at radius 3 is 2.44 bits per heavy atom. The van der Waals surface area contributed by atoms with Crippen LogP contribution in [0.25, 0.3) is 0 Å². The van der Waals surface area contributed by atoms with Gasteiger partial charge in [-0.1, -0.05) is 6.07 Å². The number of nitrogens with two attached hydrogens (primary N) is 1. The van der Waals surface area contributed by atoms with Gasteiger partial charge in [-0.25, -0.2) is 13.4 Å². The summed E-state index contributed by atoms with van der Waals surface area (Å²) in [5.41, 5.74) is 4.95. The molecule has 2 rings (SSSR count). The van der Waals surface area contributed by atoms with E-state index < -0.39 is 26.5 Å². The minimum atomic E-state index is -4.76. The van der Waals surface area contributed by atoms with Gasteiger partial charge in [0.05, 0.1) is 17.0 Å². The van der Waals surface area contributed by atoms with E-state index in [0.717, 1.165) is 43.0 Å². The van der Waals surface area contributed by atoms with Gasteiger partial charge in [0.25, 0.3) is 0 Å². The maximum absolute atomic E-state index is 13.1. The molecule has 1 heterocycles. The van der Waals surface area contributed by atoms with Crippen molar-refractivity contribution in [2.75, 3.05) is 30.9 Å². The number of sulfone groups is 1. The maximum atomic E-state index is 13.1. The van der Waals surface area contributed by atoms with Crippen molar-refractivity contribution in [3.05, 3.63) is 29.3 Å². The van der Waals surface area contributed by atoms with Crippen molar-refractivity contribution in [2.24, 2.45) is 10.7 Å². The van der Waals surface area contributed by atoms with Crippen LogP contribution in [-0.2, 0) is 22.6 Å². The summed E-state index contributed by atoms with van der Waals surface area (Å²) in [5.74, 6) is 2.14. The molecule has 0 radical (unpaired) electrons. The molecule has 0 aliphatic carbocycles. The van der Waals surface area contributed by atoms with Gasteiger partial charge in [0.2, 0.25) is 0 Å². The average Bonchev–Trinajstić information content (AvgIpc) is 2.51. The standard InChI is InChI=1S/C14H18F3N3O2S2.HI/c1-24(21,22)12-3-2-10(8-11(12)14(15,16)17)9-19-13(18)20-4-6-23-7-5-20;/h2-3,8H,4-7,9H2,1H3,(H2,18,19);1H. The second kappa shape index (κ2) is 8.80. The first kappa shape index (κ1) is 22.4. The van der Waals surface area contributed by atoms with E-state index in [4.69, 9.17) is 5.73 Å². The van der Waals surface area contributed by atoms with Gasteiger partial charge < -0.3 is 10.6 Å². The molecule has 1 aliphatic rings. The Bertz CT molecular complexity index is 733. The Labute approximate surface area is 166 Å². The van der Waals surface area contributed by atoms with Crippen LogP contribution in [0.5, 0.6) is 0 Å². The van der Waals surface area contributed by atoms with Gasteiger partial charge in [-0.15, -0.1) is 24.0 Å². The molecule has 0 atom stereocenters. The highest BCUT2D eigenvalue weighted by molar-refractivity contribution is 14.0. The highest BCUT2D eigenvalue weighted by atomic mass is 127. The summed E-state index contributed by atoms with van der Waals surface area (Å²) < 4.78 is 62.4. The summed E-state index contributed by atoms with van der Waals surface area (Å²) in [6, 6.07) is 3.12. The number of aliphatic imine (C=N–C) groups is 1. The number of alkyl halides is 3. The molecule has 0 spiro atoms. The van der Waals surface area contributed by atoms with Gasteiger partial charge in [0, 0.05) is 30.9 Å². The van der Waals surface area contributed by atoms with E-state index in [1.165, 1.54) is 6.07 Å². The van der Waals surface area contributed by atoms with Gasteiger partial charge in [-0.05, 0) is 17.7 Å². The van der Waals surface area contributed by atoms with Crippen molar-refractivity contribution >= 4 is 51.5 Å². The van der Waals surface area contributed by atoms with Crippen LogP contribution in [0.2, 0.25) is 0 Å². The molecule has 0 bridgehead atoms. The number of rotatable bonds is 3. The molecule has 1 aromatic carbocycles. The van der Waals surface area contributed by atoms with Crippen LogP contribution in [-0.4, -0.2) is 50.1 Å². The third-order valence-electron chi connectivity index (χ3n) is 3.51. The van der Waals surface area contributed by atoms with Crippen molar-refractivity contribution in [1.82, 2.24) is 4.90 Å². The SMILES string of the molecule is CS(=O)(=O)c1ccc(CN=C(N)N2CCSCC2)cc1C(F)(F)F.I. The molecule has 1 saturated heterocycles. The zero-order valence-electron chi connectivity index (χ0n) is 13.4. The number of nitrogens with zero attached hydrogens (tertiary/aromatic N) is 2. The molecule has 142 valence electrons. The van der Waals surface area contributed by atoms with Crippen LogP contribution in [0.3, 0.4) is 0 Å². The lowest BCUT2D eigenvalue weighted by Gasteiger charge is -2.27. The van der Waals surface area contributed by atoms with Gasteiger partial charge >= 0.3 is 6.18 Å². The molecule has 25 heavy (non-hydrogen) atoms. The van der Waals surface area contributed by atoms with Gasteiger partial charge in [0.15, 0.2) is 15.8 Å². The summed E-state index contributed by atoms with van der Waals surface area (Å²) in [7, 11) is -3.97. The van der Waals surface area contributed by atoms with E-state index in [0.29, 0.717) is 0 Å². The molecule has 0 aromatic heterocycles. The molecular formula is C14H19F3IN3O2S2. The molecular weight excluding hydrogens is 490 g/mol. The van der Waals surface area contributed by atoms with Crippen LogP contribution in [0, 0.1) is 0 Å². The van der Waals surface area contributed by atoms with Crippen molar-refractivity contribution in [2.45, 2.75) is 17.6 Å². The van der Waals surface area contributed by atoms with Crippen LogP contribution >= 0.6 is 35.7 Å². The van der Waals surface area contributed by atoms with Crippen molar-refractivity contribution < 1.29 is 21.6 Å². The Kier molecular flexibility index (Phi) is 7.87. The number of benzene rings is 1. The summed E-state index contributed by atoms with van der Waals surface area (Å²) in [4.78, 5) is 5.28. The fourth-order valence-electron chi connectivity index (χ4n) is 2.29. The fourth-order valence-corrected chi connectivity index (χ4v) is 4.08. The molecule has 2 N–H and O–H groups in total. The first-order valence-electron chi connectivity index (χ1n) is 7.12. The Balaban J connectivity index is 0.00000312. The fraction of sp³-hybridized carbons (Fsp3) is 0.500. The van der Waals surface area contributed by atoms with Crippen LogP contribution in [0.15, 0.2) is 28.1 Å². The average molecular weight is 509 g/mol. The number of halogens is 4. The molecule has 5 nitrogen and oxygen atoms in total. The van der Waals surface area contributed by atoms with Gasteiger partial charge in [-0.3, -0.25) is 0 Å². The topological polar surface area (TPSA) is 75.8 Å². The molecule has 11 heteroatoms. The van der Waals surface area contributed by atoms with Gasteiger partial charge in [-0.2, -0.15) is 24.9 Å². The summed E-state index contributed by atoms with van der Waals surface area (Å²) in [6.45, 7) is 1.46. The summed E-state index contributed by atoms with van der Waals surface area (Å²) in [6.07, 6.45) is -4.00. The number of guanidine groups is 1. The van der Waals surface area contributed by atoms with Crippen LogP contribution < -0.4 is 5.73 Å². The van der Waals surface area contributed by atoms with Gasteiger partial charge in [0.1, 0.15) is 0 Å². The second-order valence-corrected chi connectivity index (χ2v) is 8.58. The van der Waals surface area contributed by atoms with E-state index in [2.05, 4.69) is 4.99 Å². The molecule has 1 aliphatic heterocycles. The molecule has 1 fully saturated rings.